The lowest BCUT2D eigenvalue weighted by molar-refractivity contribution is 0.308. The van der Waals surface area contributed by atoms with Crippen molar-refractivity contribution in [3.63, 3.8) is 0 Å². The Morgan fingerprint density at radius 3 is 2.11 bits per heavy atom. The largest absolute Gasteiger partial charge is 0.471 e. The van der Waals surface area contributed by atoms with Crippen molar-refractivity contribution in [3.8, 4) is 0 Å². The van der Waals surface area contributed by atoms with Gasteiger partial charge in [0.15, 0.2) is 0 Å². The van der Waals surface area contributed by atoms with Gasteiger partial charge in [-0.15, -0.1) is 24.8 Å². The van der Waals surface area contributed by atoms with Gasteiger partial charge in [0.1, 0.15) is 0 Å². The fourth-order valence-electron chi connectivity index (χ4n) is 0.203. The number of rotatable bonds is 2. The van der Waals surface area contributed by atoms with Crippen LogP contribution < -0.4 is 5.73 Å². The van der Waals surface area contributed by atoms with Gasteiger partial charge in [0.05, 0.1) is 6.61 Å². The van der Waals surface area contributed by atoms with Gasteiger partial charge in [0.2, 0.25) is 0 Å². The van der Waals surface area contributed by atoms with Gasteiger partial charge in [-0.05, 0) is 18.6 Å². The minimum Gasteiger partial charge on any atom is -0.471 e. The molecule has 0 aromatic heterocycles. The summed E-state index contributed by atoms with van der Waals surface area (Å²) in [4.78, 5) is 0. The lowest BCUT2D eigenvalue weighted by atomic mass is 10.5. The van der Waals surface area contributed by atoms with E-state index in [9.17, 15) is 0 Å². The number of ether oxygens (including phenoxy) is 1. The zero-order valence-electron chi connectivity index (χ0n) is 5.12. The third-order valence-electron chi connectivity index (χ3n) is 0.448. The van der Waals surface area contributed by atoms with E-state index in [1.54, 1.807) is 0 Å². The van der Waals surface area contributed by atoms with Crippen LogP contribution in [-0.4, -0.2) is 11.8 Å². The Labute approximate surface area is 73.0 Å². The normalized spacial score (nSPS) is 6.33. The summed E-state index contributed by atoms with van der Waals surface area (Å²) in [7, 11) is 0. The van der Waals surface area contributed by atoms with Crippen LogP contribution in [0.1, 0.15) is 13.3 Å². The molecule has 0 heterocycles. The molecule has 0 fully saturated rings. The van der Waals surface area contributed by atoms with E-state index in [2.05, 4.69) is 12.2 Å². The minimum absolute atomic E-state index is 0. The van der Waals surface area contributed by atoms with Gasteiger partial charge in [0.25, 0.3) is 5.17 Å². The molecule has 0 bridgehead atoms. The molecule has 0 atom stereocenters. The standard InChI is InChI=1S/C4H9NOS.2ClH/c1-2-3-6-4(5)7;;/h2-3H2,1H3,(H2,5,7);2*1H. The first-order valence-corrected chi connectivity index (χ1v) is 2.60. The predicted molar refractivity (Wildman–Crippen MR) is 47.5 cm³/mol. The molecule has 58 valence electrons. The molecule has 0 aliphatic carbocycles. The second-order valence-corrected chi connectivity index (χ2v) is 1.57. The summed E-state index contributed by atoms with van der Waals surface area (Å²) in [5, 5.41) is 0.141. The molecule has 0 aliphatic rings. The molecule has 0 aromatic rings. The molecule has 9 heavy (non-hydrogen) atoms. The lowest BCUT2D eigenvalue weighted by Gasteiger charge is -1.96. The van der Waals surface area contributed by atoms with E-state index in [0.717, 1.165) is 6.42 Å². The maximum atomic E-state index is 4.99. The second-order valence-electron chi connectivity index (χ2n) is 1.17. The van der Waals surface area contributed by atoms with Gasteiger partial charge in [-0.2, -0.15) is 0 Å². The molecular weight excluding hydrogens is 181 g/mol. The van der Waals surface area contributed by atoms with Gasteiger partial charge >= 0.3 is 0 Å². The van der Waals surface area contributed by atoms with Crippen LogP contribution in [0.5, 0.6) is 0 Å². The molecule has 2 N–H and O–H groups in total. The smallest absolute Gasteiger partial charge is 0.253 e. The summed E-state index contributed by atoms with van der Waals surface area (Å²) in [5.41, 5.74) is 4.99. The van der Waals surface area contributed by atoms with Gasteiger partial charge in [-0.25, -0.2) is 0 Å². The van der Waals surface area contributed by atoms with Crippen molar-refractivity contribution in [3.05, 3.63) is 0 Å². The molecule has 0 amide bonds. The van der Waals surface area contributed by atoms with Crippen molar-refractivity contribution in [2.75, 3.05) is 6.61 Å². The molecule has 0 aromatic carbocycles. The van der Waals surface area contributed by atoms with Crippen molar-refractivity contribution in [2.24, 2.45) is 5.73 Å². The average Bonchev–Trinajstić information content (AvgIpc) is 1.61. The highest BCUT2D eigenvalue weighted by molar-refractivity contribution is 7.80. The number of thiocarbonyl (C=S) groups is 1. The summed E-state index contributed by atoms with van der Waals surface area (Å²) in [6, 6.07) is 0. The highest BCUT2D eigenvalue weighted by Gasteiger charge is 1.81. The van der Waals surface area contributed by atoms with Crippen molar-refractivity contribution in [2.45, 2.75) is 13.3 Å². The van der Waals surface area contributed by atoms with Crippen LogP contribution in [0.25, 0.3) is 0 Å². The van der Waals surface area contributed by atoms with E-state index in [-0.39, 0.29) is 30.0 Å². The first-order valence-electron chi connectivity index (χ1n) is 2.19. The van der Waals surface area contributed by atoms with Crippen LogP contribution in [-0.2, 0) is 4.74 Å². The molecule has 0 rings (SSSR count). The Morgan fingerprint density at radius 2 is 2.00 bits per heavy atom. The zero-order chi connectivity index (χ0) is 5.70. The van der Waals surface area contributed by atoms with Gasteiger partial charge in [-0.1, -0.05) is 6.92 Å². The monoisotopic (exact) mass is 191 g/mol. The molecule has 0 aliphatic heterocycles. The maximum Gasteiger partial charge on any atom is 0.253 e. The Balaban J connectivity index is -0.000000180. The van der Waals surface area contributed by atoms with E-state index in [1.807, 2.05) is 6.92 Å². The van der Waals surface area contributed by atoms with Gasteiger partial charge in [0, 0.05) is 0 Å². The van der Waals surface area contributed by atoms with E-state index < -0.39 is 0 Å². The first-order chi connectivity index (χ1) is 3.27. The van der Waals surface area contributed by atoms with Crippen LogP contribution in [0.2, 0.25) is 0 Å². The first kappa shape index (κ1) is 16.1. The topological polar surface area (TPSA) is 35.2 Å². The zero-order valence-corrected chi connectivity index (χ0v) is 7.57. The Kier molecular flexibility index (Phi) is 19.9. The maximum absolute atomic E-state index is 4.99. The molecular formula is C4H11Cl2NOS. The van der Waals surface area contributed by atoms with E-state index >= 15 is 0 Å². The number of hydrogen-bond acceptors (Lipinski definition) is 2. The van der Waals surface area contributed by atoms with E-state index in [0.29, 0.717) is 6.61 Å². The van der Waals surface area contributed by atoms with Crippen LogP contribution in [0.3, 0.4) is 0 Å². The van der Waals surface area contributed by atoms with E-state index in [1.165, 1.54) is 0 Å². The average molecular weight is 192 g/mol. The molecule has 0 radical (unpaired) electrons. The summed E-state index contributed by atoms with van der Waals surface area (Å²) in [6.45, 7) is 2.63. The van der Waals surface area contributed by atoms with Crippen LogP contribution in [0, 0.1) is 0 Å². The highest BCUT2D eigenvalue weighted by Crippen LogP contribution is 1.77. The predicted octanol–water partition coefficient (Wildman–Crippen LogP) is 1.50. The third-order valence-corrected chi connectivity index (χ3v) is 0.566. The SMILES string of the molecule is CCCOC(N)=S.Cl.Cl. The number of hydrogen-bond donors (Lipinski definition) is 1. The van der Waals surface area contributed by atoms with Crippen molar-refractivity contribution in [1.82, 2.24) is 0 Å². The fraction of sp³-hybridized carbons (Fsp3) is 0.750. The Bertz CT molecular complexity index is 71.6. The summed E-state index contributed by atoms with van der Waals surface area (Å²) < 4.78 is 4.70. The van der Waals surface area contributed by atoms with Gasteiger partial charge < -0.3 is 10.5 Å². The minimum atomic E-state index is 0. The van der Waals surface area contributed by atoms with Crippen molar-refractivity contribution in [1.29, 1.82) is 0 Å². The second kappa shape index (κ2) is 11.1. The third kappa shape index (κ3) is 17.8. The number of halogens is 2. The lowest BCUT2D eigenvalue weighted by Crippen LogP contribution is -2.12. The van der Waals surface area contributed by atoms with Crippen molar-refractivity contribution >= 4 is 42.2 Å². The quantitative estimate of drug-likeness (QED) is 0.673. The molecule has 5 heteroatoms. The Morgan fingerprint density at radius 1 is 1.56 bits per heavy atom. The highest BCUT2D eigenvalue weighted by atomic mass is 35.5. The summed E-state index contributed by atoms with van der Waals surface area (Å²) in [6.07, 6.45) is 0.956. The van der Waals surface area contributed by atoms with Crippen LogP contribution >= 0.6 is 37.0 Å². The summed E-state index contributed by atoms with van der Waals surface area (Å²) >= 11 is 4.42. The Hall–Kier alpha value is 0.270. The van der Waals surface area contributed by atoms with E-state index in [4.69, 9.17) is 10.5 Å². The fourth-order valence-corrected chi connectivity index (χ4v) is 0.286. The van der Waals surface area contributed by atoms with Crippen LogP contribution in [0.4, 0.5) is 0 Å². The molecule has 0 saturated carbocycles. The molecule has 0 spiro atoms. The van der Waals surface area contributed by atoms with Crippen LogP contribution in [0.15, 0.2) is 0 Å². The molecule has 0 unspecified atom stereocenters. The van der Waals surface area contributed by atoms with Crippen molar-refractivity contribution < 1.29 is 4.74 Å². The number of nitrogens with two attached hydrogens (primary N) is 1. The molecule has 0 saturated heterocycles. The molecule has 2 nitrogen and oxygen atoms in total. The van der Waals surface area contributed by atoms with Gasteiger partial charge in [-0.3, -0.25) is 0 Å². The summed E-state index contributed by atoms with van der Waals surface area (Å²) in [5.74, 6) is 0.